The summed E-state index contributed by atoms with van der Waals surface area (Å²) in [6.07, 6.45) is 0.860. The number of benzene rings is 3. The molecule has 3 rings (SSSR count). The minimum Gasteiger partial charge on any atom is -0.350 e. The minimum atomic E-state index is -0.685. The Balaban J connectivity index is 1.68. The smallest absolute Gasteiger partial charge is 0.242 e. The van der Waals surface area contributed by atoms with Gasteiger partial charge in [0.1, 0.15) is 11.9 Å². The van der Waals surface area contributed by atoms with Crippen molar-refractivity contribution in [3.8, 4) is 0 Å². The van der Waals surface area contributed by atoms with Crippen molar-refractivity contribution in [1.82, 2.24) is 10.2 Å². The third-order valence-corrected chi connectivity index (χ3v) is 5.54. The summed E-state index contributed by atoms with van der Waals surface area (Å²) in [7, 11) is 0. The van der Waals surface area contributed by atoms with Crippen LogP contribution >= 0.6 is 11.6 Å². The molecular formula is C26H26ClFN2O2. The average molecular weight is 453 g/mol. The first-order valence-corrected chi connectivity index (χ1v) is 10.9. The number of halogens is 2. The van der Waals surface area contributed by atoms with E-state index >= 15 is 0 Å². The molecule has 1 N–H and O–H groups in total. The second kappa shape index (κ2) is 11.4. The van der Waals surface area contributed by atoms with E-state index in [-0.39, 0.29) is 30.6 Å². The second-order valence-electron chi connectivity index (χ2n) is 7.65. The molecule has 32 heavy (non-hydrogen) atoms. The Morgan fingerprint density at radius 1 is 0.906 bits per heavy atom. The fourth-order valence-electron chi connectivity index (χ4n) is 3.35. The molecule has 1 atom stereocenters. The van der Waals surface area contributed by atoms with Gasteiger partial charge in [-0.3, -0.25) is 9.59 Å². The van der Waals surface area contributed by atoms with Crippen molar-refractivity contribution >= 4 is 23.4 Å². The number of nitrogens with one attached hydrogen (secondary N) is 1. The van der Waals surface area contributed by atoms with E-state index in [0.717, 1.165) is 16.7 Å². The monoisotopic (exact) mass is 452 g/mol. The van der Waals surface area contributed by atoms with Crippen LogP contribution in [0, 0.1) is 5.82 Å². The standard InChI is InChI=1S/C26H26ClFN2O2/c1-19(26(32)29-17-21-7-12-23(27)13-8-21)30(18-22-9-14-24(28)15-10-22)25(31)16-11-20-5-3-2-4-6-20/h2-10,12-15,19H,11,16-18H2,1H3,(H,29,32). The fraction of sp³-hybridized carbons (Fsp3) is 0.231. The highest BCUT2D eigenvalue weighted by Crippen LogP contribution is 2.14. The van der Waals surface area contributed by atoms with Crippen LogP contribution in [0.5, 0.6) is 0 Å². The summed E-state index contributed by atoms with van der Waals surface area (Å²) in [5.41, 5.74) is 2.73. The van der Waals surface area contributed by atoms with Crippen molar-refractivity contribution in [3.63, 3.8) is 0 Å². The summed E-state index contributed by atoms with van der Waals surface area (Å²) in [6.45, 7) is 2.27. The molecule has 4 nitrogen and oxygen atoms in total. The zero-order valence-corrected chi connectivity index (χ0v) is 18.7. The van der Waals surface area contributed by atoms with Crippen LogP contribution in [-0.2, 0) is 29.1 Å². The largest absolute Gasteiger partial charge is 0.350 e. The van der Waals surface area contributed by atoms with Crippen molar-refractivity contribution in [1.29, 1.82) is 0 Å². The maximum absolute atomic E-state index is 13.3. The van der Waals surface area contributed by atoms with Crippen LogP contribution < -0.4 is 5.32 Å². The Labute approximate surface area is 193 Å². The van der Waals surface area contributed by atoms with E-state index in [1.54, 1.807) is 36.1 Å². The van der Waals surface area contributed by atoms with Crippen LogP contribution in [-0.4, -0.2) is 22.8 Å². The van der Waals surface area contributed by atoms with E-state index in [2.05, 4.69) is 5.32 Å². The van der Waals surface area contributed by atoms with Gasteiger partial charge in [0.15, 0.2) is 0 Å². The Kier molecular flexibility index (Phi) is 8.40. The highest BCUT2D eigenvalue weighted by Gasteiger charge is 2.25. The zero-order chi connectivity index (χ0) is 22.9. The zero-order valence-electron chi connectivity index (χ0n) is 17.9. The highest BCUT2D eigenvalue weighted by molar-refractivity contribution is 6.30. The Morgan fingerprint density at radius 3 is 2.19 bits per heavy atom. The molecule has 0 heterocycles. The summed E-state index contributed by atoms with van der Waals surface area (Å²) < 4.78 is 13.3. The number of nitrogens with zero attached hydrogens (tertiary/aromatic N) is 1. The molecule has 0 fully saturated rings. The molecule has 3 aromatic rings. The molecule has 0 radical (unpaired) electrons. The Bertz CT molecular complexity index is 1020. The van der Waals surface area contributed by atoms with E-state index in [1.165, 1.54) is 12.1 Å². The van der Waals surface area contributed by atoms with Gasteiger partial charge in [-0.15, -0.1) is 0 Å². The van der Waals surface area contributed by atoms with Crippen LogP contribution in [0.2, 0.25) is 5.02 Å². The predicted molar refractivity (Wildman–Crippen MR) is 124 cm³/mol. The first kappa shape index (κ1) is 23.5. The van der Waals surface area contributed by atoms with Crippen LogP contribution in [0.15, 0.2) is 78.9 Å². The first-order valence-electron chi connectivity index (χ1n) is 10.5. The van der Waals surface area contributed by atoms with Crippen molar-refractivity contribution in [2.75, 3.05) is 0 Å². The predicted octanol–water partition coefficient (Wildman–Crippen LogP) is 5.15. The highest BCUT2D eigenvalue weighted by atomic mass is 35.5. The molecular weight excluding hydrogens is 427 g/mol. The first-order chi connectivity index (χ1) is 15.4. The SMILES string of the molecule is CC(C(=O)NCc1ccc(Cl)cc1)N(Cc1ccc(F)cc1)C(=O)CCc1ccccc1. The third kappa shape index (κ3) is 6.92. The van der Waals surface area contributed by atoms with Gasteiger partial charge in [0.2, 0.25) is 11.8 Å². The lowest BCUT2D eigenvalue weighted by Crippen LogP contribution is -2.47. The molecule has 166 valence electrons. The molecule has 0 bridgehead atoms. The summed E-state index contributed by atoms with van der Waals surface area (Å²) in [4.78, 5) is 27.5. The lowest BCUT2D eigenvalue weighted by molar-refractivity contribution is -0.140. The normalized spacial score (nSPS) is 11.6. The molecule has 0 spiro atoms. The molecule has 0 saturated heterocycles. The topological polar surface area (TPSA) is 49.4 Å². The van der Waals surface area contributed by atoms with Gasteiger partial charge in [-0.1, -0.05) is 66.2 Å². The second-order valence-corrected chi connectivity index (χ2v) is 8.09. The van der Waals surface area contributed by atoms with Crippen LogP contribution in [0.3, 0.4) is 0 Å². The number of hydrogen-bond donors (Lipinski definition) is 1. The summed E-state index contributed by atoms with van der Waals surface area (Å²) in [5, 5.41) is 3.51. The van der Waals surface area contributed by atoms with E-state index in [4.69, 9.17) is 11.6 Å². The van der Waals surface area contributed by atoms with Crippen molar-refractivity contribution in [2.45, 2.75) is 38.9 Å². The molecule has 0 aliphatic heterocycles. The molecule has 3 aromatic carbocycles. The minimum absolute atomic E-state index is 0.132. The van der Waals surface area contributed by atoms with Gasteiger partial charge in [-0.25, -0.2) is 4.39 Å². The van der Waals surface area contributed by atoms with Crippen molar-refractivity contribution < 1.29 is 14.0 Å². The Morgan fingerprint density at radius 2 is 1.53 bits per heavy atom. The van der Waals surface area contributed by atoms with Crippen LogP contribution in [0.25, 0.3) is 0 Å². The lowest BCUT2D eigenvalue weighted by atomic mass is 10.1. The number of carbonyl (C=O) groups is 2. The van der Waals surface area contributed by atoms with Gasteiger partial charge >= 0.3 is 0 Å². The number of hydrogen-bond acceptors (Lipinski definition) is 2. The van der Waals surface area contributed by atoms with Gasteiger partial charge in [0.05, 0.1) is 0 Å². The summed E-state index contributed by atoms with van der Waals surface area (Å²) >= 11 is 5.91. The van der Waals surface area contributed by atoms with Gasteiger partial charge in [-0.2, -0.15) is 0 Å². The fourth-order valence-corrected chi connectivity index (χ4v) is 3.47. The molecule has 0 saturated carbocycles. The van der Waals surface area contributed by atoms with Gasteiger partial charge in [-0.05, 0) is 54.3 Å². The van der Waals surface area contributed by atoms with Gasteiger partial charge < -0.3 is 10.2 Å². The van der Waals surface area contributed by atoms with Gasteiger partial charge in [0.25, 0.3) is 0 Å². The molecule has 0 aliphatic rings. The van der Waals surface area contributed by atoms with Crippen molar-refractivity contribution in [2.24, 2.45) is 0 Å². The van der Waals surface area contributed by atoms with E-state index in [9.17, 15) is 14.0 Å². The summed E-state index contributed by atoms with van der Waals surface area (Å²) in [5.74, 6) is -0.730. The molecule has 0 aliphatic carbocycles. The number of rotatable bonds is 9. The number of aryl methyl sites for hydroxylation is 1. The lowest BCUT2D eigenvalue weighted by Gasteiger charge is -2.29. The van der Waals surface area contributed by atoms with Crippen LogP contribution in [0.1, 0.15) is 30.0 Å². The molecule has 6 heteroatoms. The Hall–Kier alpha value is -3.18. The van der Waals surface area contributed by atoms with Crippen molar-refractivity contribution in [3.05, 3.63) is 106 Å². The van der Waals surface area contributed by atoms with E-state index < -0.39 is 6.04 Å². The quantitative estimate of drug-likeness (QED) is 0.488. The average Bonchev–Trinajstić information content (AvgIpc) is 2.82. The molecule has 1 unspecified atom stereocenters. The molecule has 2 amide bonds. The number of amides is 2. The molecule has 0 aromatic heterocycles. The maximum atomic E-state index is 13.3. The van der Waals surface area contributed by atoms with Crippen LogP contribution in [0.4, 0.5) is 4.39 Å². The summed E-state index contributed by atoms with van der Waals surface area (Å²) in [6, 6.07) is 22.2. The third-order valence-electron chi connectivity index (χ3n) is 5.28. The van der Waals surface area contributed by atoms with E-state index in [0.29, 0.717) is 18.0 Å². The van der Waals surface area contributed by atoms with Gasteiger partial charge in [0, 0.05) is 24.5 Å². The van der Waals surface area contributed by atoms with E-state index in [1.807, 2.05) is 42.5 Å². The maximum Gasteiger partial charge on any atom is 0.242 e. The number of carbonyl (C=O) groups excluding carboxylic acids is 2.